The van der Waals surface area contributed by atoms with Crippen molar-refractivity contribution in [1.29, 1.82) is 0 Å². The summed E-state index contributed by atoms with van der Waals surface area (Å²) in [6, 6.07) is 0. The van der Waals surface area contributed by atoms with E-state index in [1.807, 2.05) is 0 Å². The van der Waals surface area contributed by atoms with E-state index >= 15 is 0 Å². The van der Waals surface area contributed by atoms with Crippen molar-refractivity contribution in [2.24, 2.45) is 5.92 Å². The summed E-state index contributed by atoms with van der Waals surface area (Å²) in [6.07, 6.45) is 9.89. The highest BCUT2D eigenvalue weighted by atomic mass is 17.1. The average molecular weight is 212 g/mol. The highest BCUT2D eigenvalue weighted by Gasteiger charge is 2.20. The number of hydrogen-bond acceptors (Lipinski definition) is 5. The number of hydrogen-bond donors (Lipinski definition) is 1. The van der Waals surface area contributed by atoms with Gasteiger partial charge >= 0.3 is 5.97 Å². The van der Waals surface area contributed by atoms with Crippen molar-refractivity contribution in [3.8, 4) is 24.7 Å². The maximum Gasteiger partial charge on any atom is 0.349 e. The standard InChI is InChI=1S/C10H12O5/c1-3-5-13-7-9(10(11)15-12)8-14-6-4-2/h1-2,9,12H,5-8H2. The topological polar surface area (TPSA) is 65.0 Å². The Morgan fingerprint density at radius 1 is 1.20 bits per heavy atom. The number of carbonyl (C=O) groups is 1. The molecule has 15 heavy (non-hydrogen) atoms. The summed E-state index contributed by atoms with van der Waals surface area (Å²) < 4.78 is 9.84. The van der Waals surface area contributed by atoms with Gasteiger partial charge in [-0.3, -0.25) is 0 Å². The summed E-state index contributed by atoms with van der Waals surface area (Å²) in [5.41, 5.74) is 0. The molecule has 0 aliphatic heterocycles. The SMILES string of the molecule is C#CCOCC(COCC#C)C(=O)OO. The Balaban J connectivity index is 3.91. The summed E-state index contributed by atoms with van der Waals surface area (Å²) in [5.74, 6) is 2.89. The van der Waals surface area contributed by atoms with Crippen LogP contribution in [-0.4, -0.2) is 37.7 Å². The lowest BCUT2D eigenvalue weighted by Crippen LogP contribution is -2.26. The van der Waals surface area contributed by atoms with Gasteiger partial charge in [0.2, 0.25) is 0 Å². The second kappa shape index (κ2) is 9.04. The minimum absolute atomic E-state index is 0.00810. The van der Waals surface area contributed by atoms with Crippen LogP contribution in [0.15, 0.2) is 0 Å². The molecule has 0 bridgehead atoms. The molecule has 0 radical (unpaired) electrons. The average Bonchev–Trinajstić information content (AvgIpc) is 2.26. The Morgan fingerprint density at radius 2 is 1.67 bits per heavy atom. The number of terminal acetylenes is 2. The first-order chi connectivity index (χ1) is 7.26. The van der Waals surface area contributed by atoms with Gasteiger partial charge in [0.1, 0.15) is 19.1 Å². The van der Waals surface area contributed by atoms with Gasteiger partial charge in [-0.15, -0.1) is 12.8 Å². The molecule has 5 heteroatoms. The summed E-state index contributed by atoms with van der Waals surface area (Å²) in [4.78, 5) is 14.5. The van der Waals surface area contributed by atoms with Gasteiger partial charge in [-0.1, -0.05) is 11.8 Å². The van der Waals surface area contributed by atoms with Crippen molar-refractivity contribution in [3.63, 3.8) is 0 Å². The zero-order valence-electron chi connectivity index (χ0n) is 8.14. The molecule has 0 aliphatic rings. The first-order valence-electron chi connectivity index (χ1n) is 4.14. The normalized spacial score (nSPS) is 9.33. The van der Waals surface area contributed by atoms with Crippen LogP contribution < -0.4 is 0 Å². The Bertz CT molecular complexity index is 240. The van der Waals surface area contributed by atoms with Gasteiger partial charge in [0.05, 0.1) is 13.2 Å². The lowest BCUT2D eigenvalue weighted by atomic mass is 10.2. The molecule has 0 spiro atoms. The molecule has 1 N–H and O–H groups in total. The molecule has 0 atom stereocenters. The molecule has 0 unspecified atom stereocenters. The van der Waals surface area contributed by atoms with E-state index in [1.165, 1.54) is 0 Å². The van der Waals surface area contributed by atoms with E-state index in [-0.39, 0.29) is 26.4 Å². The van der Waals surface area contributed by atoms with E-state index in [0.29, 0.717) is 0 Å². The molecular weight excluding hydrogens is 200 g/mol. The minimum atomic E-state index is -0.843. The molecule has 0 saturated heterocycles. The molecule has 0 heterocycles. The van der Waals surface area contributed by atoms with E-state index in [4.69, 9.17) is 27.6 Å². The van der Waals surface area contributed by atoms with Gasteiger partial charge in [-0.25, -0.2) is 4.79 Å². The molecule has 0 amide bonds. The van der Waals surface area contributed by atoms with Crippen LogP contribution in [0.1, 0.15) is 0 Å². The van der Waals surface area contributed by atoms with Gasteiger partial charge in [0.15, 0.2) is 0 Å². The van der Waals surface area contributed by atoms with Gasteiger partial charge in [0, 0.05) is 0 Å². The fourth-order valence-electron chi connectivity index (χ4n) is 0.779. The van der Waals surface area contributed by atoms with Crippen LogP contribution in [0, 0.1) is 30.6 Å². The zero-order chi connectivity index (χ0) is 11.5. The molecule has 0 aliphatic carbocycles. The van der Waals surface area contributed by atoms with Crippen LogP contribution in [0.3, 0.4) is 0 Å². The fourth-order valence-corrected chi connectivity index (χ4v) is 0.779. The van der Waals surface area contributed by atoms with Gasteiger partial charge in [-0.2, -0.15) is 5.26 Å². The van der Waals surface area contributed by atoms with Crippen molar-refractivity contribution >= 4 is 5.97 Å². The highest BCUT2D eigenvalue weighted by molar-refractivity contribution is 5.71. The Kier molecular flexibility index (Phi) is 8.12. The first kappa shape index (κ1) is 13.5. The van der Waals surface area contributed by atoms with E-state index in [0.717, 1.165) is 0 Å². The molecule has 5 nitrogen and oxygen atoms in total. The Labute approximate surface area is 88.2 Å². The van der Waals surface area contributed by atoms with Gasteiger partial charge in [0.25, 0.3) is 0 Å². The van der Waals surface area contributed by atoms with E-state index in [9.17, 15) is 4.79 Å². The lowest BCUT2D eigenvalue weighted by molar-refractivity contribution is -0.241. The number of ether oxygens (including phenoxy) is 2. The Morgan fingerprint density at radius 3 is 2.00 bits per heavy atom. The summed E-state index contributed by atoms with van der Waals surface area (Å²) in [7, 11) is 0. The third-order valence-electron chi connectivity index (χ3n) is 1.43. The fraction of sp³-hybridized carbons (Fsp3) is 0.500. The van der Waals surface area contributed by atoms with Gasteiger partial charge < -0.3 is 14.4 Å². The first-order valence-corrected chi connectivity index (χ1v) is 4.14. The largest absolute Gasteiger partial charge is 0.368 e. The summed E-state index contributed by atoms with van der Waals surface area (Å²) in [6.45, 7) is 0.164. The lowest BCUT2D eigenvalue weighted by Gasteiger charge is -2.12. The van der Waals surface area contributed by atoms with Gasteiger partial charge in [-0.05, 0) is 0 Å². The predicted octanol–water partition coefficient (Wildman–Crippen LogP) is -0.0816. The smallest absolute Gasteiger partial charge is 0.349 e. The molecule has 0 rings (SSSR count). The van der Waals surface area contributed by atoms with Crippen molar-refractivity contribution in [2.75, 3.05) is 26.4 Å². The van der Waals surface area contributed by atoms with Crippen LogP contribution in [0.25, 0.3) is 0 Å². The van der Waals surface area contributed by atoms with Crippen LogP contribution in [0.2, 0.25) is 0 Å². The predicted molar refractivity (Wildman–Crippen MR) is 51.5 cm³/mol. The quantitative estimate of drug-likeness (QED) is 0.277. The molecule has 0 fully saturated rings. The third-order valence-corrected chi connectivity index (χ3v) is 1.43. The van der Waals surface area contributed by atoms with Crippen LogP contribution in [-0.2, 0) is 19.2 Å². The van der Waals surface area contributed by atoms with Crippen LogP contribution in [0.5, 0.6) is 0 Å². The van der Waals surface area contributed by atoms with Crippen molar-refractivity contribution in [3.05, 3.63) is 0 Å². The summed E-state index contributed by atoms with van der Waals surface area (Å²) >= 11 is 0. The Hall–Kier alpha value is -1.53. The minimum Gasteiger partial charge on any atom is -0.368 e. The molecule has 0 aromatic heterocycles. The van der Waals surface area contributed by atoms with Crippen molar-refractivity contribution in [2.45, 2.75) is 0 Å². The summed E-state index contributed by atoms with van der Waals surface area (Å²) in [5, 5.41) is 8.18. The number of rotatable bonds is 7. The maximum absolute atomic E-state index is 11.0. The van der Waals surface area contributed by atoms with E-state index in [2.05, 4.69) is 16.7 Å². The molecule has 0 aromatic rings. The molecule has 0 saturated carbocycles. The monoisotopic (exact) mass is 212 g/mol. The van der Waals surface area contributed by atoms with Crippen LogP contribution in [0.4, 0.5) is 0 Å². The molecule has 82 valence electrons. The highest BCUT2D eigenvalue weighted by Crippen LogP contribution is 2.01. The van der Waals surface area contributed by atoms with Crippen molar-refractivity contribution in [1.82, 2.24) is 0 Å². The second-order valence-corrected chi connectivity index (χ2v) is 2.55. The molecule has 0 aromatic carbocycles. The van der Waals surface area contributed by atoms with E-state index in [1.54, 1.807) is 0 Å². The van der Waals surface area contributed by atoms with Crippen molar-refractivity contribution < 1.29 is 24.4 Å². The number of carbonyl (C=O) groups excluding carboxylic acids is 1. The van der Waals surface area contributed by atoms with Crippen LogP contribution >= 0.6 is 0 Å². The third kappa shape index (κ3) is 6.53. The maximum atomic E-state index is 11.0. The van der Waals surface area contributed by atoms with E-state index < -0.39 is 11.9 Å². The molecular formula is C10H12O5. The zero-order valence-corrected chi connectivity index (χ0v) is 8.14. The second-order valence-electron chi connectivity index (χ2n) is 2.55.